The summed E-state index contributed by atoms with van der Waals surface area (Å²) in [6, 6.07) is 11.0. The van der Waals surface area contributed by atoms with E-state index in [1.165, 1.54) is 0 Å². The summed E-state index contributed by atoms with van der Waals surface area (Å²) >= 11 is 0. The van der Waals surface area contributed by atoms with Crippen molar-refractivity contribution in [2.24, 2.45) is 20.8 Å². The molecule has 0 amide bonds. The van der Waals surface area contributed by atoms with Gasteiger partial charge in [-0.25, -0.2) is 0 Å². The van der Waals surface area contributed by atoms with Crippen LogP contribution in [0.4, 0.5) is 0 Å². The van der Waals surface area contributed by atoms with Crippen LogP contribution in [0.1, 0.15) is 37.1 Å². The fourth-order valence-corrected chi connectivity index (χ4v) is 4.37. The second kappa shape index (κ2) is 14.8. The number of carboxylic acids is 2. The van der Waals surface area contributed by atoms with Gasteiger partial charge in [0.05, 0.1) is 35.6 Å². The monoisotopic (exact) mass is 599 g/mol. The third-order valence-corrected chi connectivity index (χ3v) is 6.64. The van der Waals surface area contributed by atoms with E-state index in [1.54, 1.807) is 49.1 Å². The van der Waals surface area contributed by atoms with Crippen LogP contribution < -0.4 is 0 Å². The maximum absolute atomic E-state index is 11.1. The zero-order chi connectivity index (χ0) is 29.2. The molecule has 2 N–H and O–H groups in total. The number of carbonyl (C=O) groups is 2. The average molecular weight is 600 g/mol. The average Bonchev–Trinajstić information content (AvgIpc) is 2.97. The Morgan fingerprint density at radius 1 is 0.707 bits per heavy atom. The molecule has 0 fully saturated rings. The van der Waals surface area contributed by atoms with Gasteiger partial charge >= 0.3 is 11.9 Å². The molecule has 41 heavy (non-hydrogen) atoms. The molecule has 0 aromatic carbocycles. The minimum Gasteiger partial charge on any atom is -0.481 e. The van der Waals surface area contributed by atoms with Crippen LogP contribution in [-0.4, -0.2) is 44.5 Å². The third kappa shape index (κ3) is 8.27. The molecule has 2 aliphatic heterocycles. The van der Waals surface area contributed by atoms with Gasteiger partial charge in [-0.1, -0.05) is 36.4 Å². The molecule has 2 aliphatic rings. The summed E-state index contributed by atoms with van der Waals surface area (Å²) in [5.41, 5.74) is 3.13. The molecule has 4 heterocycles. The Morgan fingerprint density at radius 2 is 1.07 bits per heavy atom. The van der Waals surface area contributed by atoms with Crippen LogP contribution in [0, 0.1) is 10.8 Å². The predicted molar refractivity (Wildman–Crippen MR) is 159 cm³/mol. The molecule has 0 saturated carbocycles. The number of rotatable bonds is 10. The van der Waals surface area contributed by atoms with E-state index in [0.29, 0.717) is 35.6 Å². The Balaban J connectivity index is 0.000000280. The van der Waals surface area contributed by atoms with E-state index in [1.807, 2.05) is 36.4 Å². The number of aliphatic carboxylic acids is 2. The summed E-state index contributed by atoms with van der Waals surface area (Å²) in [5, 5.41) is 18.2. The molecule has 0 atom stereocenters. The minimum absolute atomic E-state index is 0. The molecule has 0 saturated heterocycles. The van der Waals surface area contributed by atoms with Crippen LogP contribution in [-0.2, 0) is 26.7 Å². The summed E-state index contributed by atoms with van der Waals surface area (Å²) in [4.78, 5) is 39.5. The largest absolute Gasteiger partial charge is 0.481 e. The van der Waals surface area contributed by atoms with E-state index in [-0.39, 0.29) is 29.9 Å². The van der Waals surface area contributed by atoms with Crippen LogP contribution in [0.3, 0.4) is 0 Å². The predicted octanol–water partition coefficient (Wildman–Crippen LogP) is 6.20. The smallest absolute Gasteiger partial charge is 0.307 e. The summed E-state index contributed by atoms with van der Waals surface area (Å²) in [6.07, 6.45) is 14.7. The number of hydrogen-bond acceptors (Lipinski definition) is 6. The molecule has 0 unspecified atom stereocenters. The first-order chi connectivity index (χ1) is 19.2. The van der Waals surface area contributed by atoms with Crippen molar-refractivity contribution in [3.8, 4) is 0 Å². The summed E-state index contributed by atoms with van der Waals surface area (Å²) in [7, 11) is 0. The van der Waals surface area contributed by atoms with Crippen molar-refractivity contribution < 1.29 is 36.9 Å². The molecule has 4 rings (SSSR count). The molecule has 9 heteroatoms. The first-order valence-electron chi connectivity index (χ1n) is 12.6. The first kappa shape index (κ1) is 32.7. The molecule has 8 nitrogen and oxygen atoms in total. The first-order valence-corrected chi connectivity index (χ1v) is 12.6. The van der Waals surface area contributed by atoms with E-state index in [2.05, 4.69) is 46.3 Å². The van der Waals surface area contributed by atoms with Crippen molar-refractivity contribution in [3.63, 3.8) is 0 Å². The van der Waals surface area contributed by atoms with Crippen LogP contribution >= 0.6 is 0 Å². The van der Waals surface area contributed by atoms with Gasteiger partial charge in [0, 0.05) is 52.7 Å². The van der Waals surface area contributed by atoms with E-state index in [0.717, 1.165) is 11.1 Å². The molecular formula is C32H32CuN4O4. The third-order valence-electron chi connectivity index (χ3n) is 6.64. The minimum atomic E-state index is -0.882. The van der Waals surface area contributed by atoms with E-state index >= 15 is 0 Å². The van der Waals surface area contributed by atoms with Crippen molar-refractivity contribution in [1.29, 1.82) is 0 Å². The summed E-state index contributed by atoms with van der Waals surface area (Å²) < 4.78 is 0. The standard InChI is InChI=1S/2C16H16N2O2.Cu/c2*1-3-16(4-2)10-12(9-14(19)20)15(18-11-16)13-7-5-6-8-17-13;/h2*3-8,11H,1-2,9-10H2,(H,19,20);. The number of aliphatic imine (C=N–C) groups is 2. The van der Waals surface area contributed by atoms with E-state index < -0.39 is 22.8 Å². The Morgan fingerprint density at radius 3 is 1.34 bits per heavy atom. The van der Waals surface area contributed by atoms with Gasteiger partial charge in [0.1, 0.15) is 0 Å². The quantitative estimate of drug-likeness (QED) is 0.247. The Bertz CT molecular complexity index is 1300. The van der Waals surface area contributed by atoms with E-state index in [9.17, 15) is 9.59 Å². The second-order valence-electron chi connectivity index (χ2n) is 9.39. The van der Waals surface area contributed by atoms with Gasteiger partial charge in [0.15, 0.2) is 0 Å². The van der Waals surface area contributed by atoms with Gasteiger partial charge in [-0.2, -0.15) is 0 Å². The van der Waals surface area contributed by atoms with Gasteiger partial charge < -0.3 is 10.2 Å². The summed E-state index contributed by atoms with van der Waals surface area (Å²) in [5.74, 6) is -1.76. The normalized spacial score (nSPS) is 16.4. The Labute approximate surface area is 250 Å². The van der Waals surface area contributed by atoms with Crippen molar-refractivity contribution in [3.05, 3.63) is 122 Å². The van der Waals surface area contributed by atoms with Gasteiger partial charge in [-0.05, 0) is 48.3 Å². The fourth-order valence-electron chi connectivity index (χ4n) is 4.37. The number of carboxylic acid groups (broad SMARTS) is 2. The van der Waals surface area contributed by atoms with Crippen molar-refractivity contribution >= 4 is 35.8 Å². The summed E-state index contributed by atoms with van der Waals surface area (Å²) in [6.45, 7) is 15.2. The zero-order valence-electron chi connectivity index (χ0n) is 22.5. The number of aromatic nitrogens is 2. The van der Waals surface area contributed by atoms with Crippen molar-refractivity contribution in [1.82, 2.24) is 9.97 Å². The van der Waals surface area contributed by atoms with Crippen molar-refractivity contribution in [2.45, 2.75) is 25.7 Å². The fraction of sp³-hybridized carbons (Fsp3) is 0.188. The SMILES string of the molecule is C=CC1(C=C)C=NC(c2ccccn2)=C(CC(=O)O)C1.C=CC1(C=C)C=NC(c2ccccn2)=C(CC(=O)O)C1.[Cu]. The molecule has 2 aromatic rings. The molecular weight excluding hydrogens is 568 g/mol. The number of pyridine rings is 2. The topological polar surface area (TPSA) is 125 Å². The number of allylic oxidation sites excluding steroid dienone is 4. The van der Waals surface area contributed by atoms with Crippen LogP contribution in [0.5, 0.6) is 0 Å². The zero-order valence-corrected chi connectivity index (χ0v) is 23.5. The maximum atomic E-state index is 11.1. The number of nitrogens with zero attached hydrogens (tertiary/aromatic N) is 4. The second-order valence-corrected chi connectivity index (χ2v) is 9.39. The molecule has 2 aromatic heterocycles. The van der Waals surface area contributed by atoms with Crippen molar-refractivity contribution in [2.75, 3.05) is 0 Å². The van der Waals surface area contributed by atoms with Gasteiger partial charge in [-0.3, -0.25) is 29.5 Å². The molecule has 0 aliphatic carbocycles. The Hall–Kier alpha value is -4.46. The maximum Gasteiger partial charge on any atom is 0.307 e. The van der Waals surface area contributed by atoms with Crippen LogP contribution in [0.25, 0.3) is 11.4 Å². The number of hydrogen-bond donors (Lipinski definition) is 2. The molecule has 215 valence electrons. The van der Waals surface area contributed by atoms with Gasteiger partial charge in [0.2, 0.25) is 0 Å². The molecule has 0 bridgehead atoms. The Kier molecular flexibility index (Phi) is 11.8. The van der Waals surface area contributed by atoms with Crippen LogP contribution in [0.2, 0.25) is 0 Å². The molecule has 1 radical (unpaired) electrons. The van der Waals surface area contributed by atoms with Gasteiger partial charge in [-0.15, -0.1) is 26.3 Å². The van der Waals surface area contributed by atoms with E-state index in [4.69, 9.17) is 10.2 Å². The molecule has 0 spiro atoms. The van der Waals surface area contributed by atoms with Gasteiger partial charge in [0.25, 0.3) is 0 Å². The van der Waals surface area contributed by atoms with Crippen LogP contribution in [0.15, 0.2) is 121 Å².